The molecule has 144 valence electrons. The van der Waals surface area contributed by atoms with Crippen LogP contribution >= 0.6 is 38.6 Å². The molecule has 0 radical (unpaired) electrons. The molecule has 0 N–H and O–H groups in total. The van der Waals surface area contributed by atoms with E-state index in [4.69, 9.17) is 16.3 Å². The van der Waals surface area contributed by atoms with E-state index in [1.54, 1.807) is 20.8 Å². The molecule has 12 heteroatoms. The van der Waals surface area contributed by atoms with Crippen molar-refractivity contribution in [2.24, 2.45) is 0 Å². The number of alkyl halides is 1. The number of nitrogens with zero attached hydrogens (tertiary/aromatic N) is 4. The molecule has 0 saturated carbocycles. The number of piperidine rings is 1. The first-order valence-electron chi connectivity index (χ1n) is 7.09. The first-order valence-corrected chi connectivity index (χ1v) is 7.47. The third-order valence-electron chi connectivity index (χ3n) is 3.39. The fourth-order valence-electron chi connectivity index (χ4n) is 2.35. The van der Waals surface area contributed by atoms with Gasteiger partial charge in [0.15, 0.2) is 0 Å². The number of hydrogen-bond acceptors (Lipinski definition) is 5. The molecule has 0 spiro atoms. The summed E-state index contributed by atoms with van der Waals surface area (Å²) >= 11 is 5.89. The van der Waals surface area contributed by atoms with E-state index in [2.05, 4.69) is 5.10 Å². The van der Waals surface area contributed by atoms with Crippen LogP contribution in [0.1, 0.15) is 33.2 Å². The minimum absolute atomic E-state index is 0. The number of carbonyl (C=O) groups excluding carboxylic acids is 1. The summed E-state index contributed by atoms with van der Waals surface area (Å²) in [6.45, 7) is 5.27. The number of hydrogen-bond donors (Lipinski definition) is 0. The van der Waals surface area contributed by atoms with Crippen LogP contribution in [0.15, 0.2) is 6.20 Å². The van der Waals surface area contributed by atoms with Crippen LogP contribution in [0.5, 0.6) is 0 Å². The molecule has 1 amide bonds. The molecule has 1 fully saturated rings. The summed E-state index contributed by atoms with van der Waals surface area (Å²) in [7, 11) is 0. The molecule has 25 heavy (non-hydrogen) atoms. The zero-order chi connectivity index (χ0) is 17.4. The summed E-state index contributed by atoms with van der Waals surface area (Å²) in [6, 6.07) is -0.755. The monoisotopic (exact) mass is 416 g/mol. The van der Waals surface area contributed by atoms with E-state index in [9.17, 15) is 19.3 Å². The third-order valence-corrected chi connectivity index (χ3v) is 3.75. The Morgan fingerprint density at radius 1 is 1.48 bits per heavy atom. The van der Waals surface area contributed by atoms with Crippen molar-refractivity contribution >= 4 is 50.4 Å². The van der Waals surface area contributed by atoms with Crippen molar-refractivity contribution in [1.29, 1.82) is 0 Å². The van der Waals surface area contributed by atoms with Crippen molar-refractivity contribution in [1.82, 2.24) is 14.7 Å². The molecule has 1 aliphatic rings. The number of likely N-dealkylation sites (tertiary alicyclic amines) is 1. The average molecular weight is 417 g/mol. The Labute approximate surface area is 163 Å². The first kappa shape index (κ1) is 23.8. The number of ether oxygens (including phenoxy) is 1. The molecule has 1 saturated heterocycles. The van der Waals surface area contributed by atoms with Crippen molar-refractivity contribution < 1.29 is 18.8 Å². The summed E-state index contributed by atoms with van der Waals surface area (Å²) in [5.74, 6) is 0. The van der Waals surface area contributed by atoms with Gasteiger partial charge in [0, 0.05) is 6.54 Å². The molecule has 2 rings (SSSR count). The molecule has 0 aromatic carbocycles. The second kappa shape index (κ2) is 8.95. The van der Waals surface area contributed by atoms with Gasteiger partial charge in [-0.3, -0.25) is 10.1 Å². The Morgan fingerprint density at radius 2 is 2.08 bits per heavy atom. The van der Waals surface area contributed by atoms with Gasteiger partial charge in [0.05, 0.1) is 17.5 Å². The molecule has 2 heterocycles. The Hall–Kier alpha value is -1.20. The van der Waals surface area contributed by atoms with Crippen molar-refractivity contribution in [3.05, 3.63) is 21.5 Å². The maximum atomic E-state index is 14.4. The number of carbonyl (C=O) groups is 1. The average Bonchev–Trinajstić information content (AvgIpc) is 2.78. The molecule has 2 atom stereocenters. The van der Waals surface area contributed by atoms with Gasteiger partial charge in [-0.05, 0) is 27.2 Å². The predicted octanol–water partition coefficient (Wildman–Crippen LogP) is 3.19. The van der Waals surface area contributed by atoms with Gasteiger partial charge in [-0.15, -0.1) is 0 Å². The second-order valence-corrected chi connectivity index (χ2v) is 6.68. The Kier molecular flexibility index (Phi) is 8.52. The smallest absolute Gasteiger partial charge is 0.410 e. The largest absolute Gasteiger partial charge is 0.444 e. The highest BCUT2D eigenvalue weighted by atomic mass is 35.5. The van der Waals surface area contributed by atoms with Crippen LogP contribution < -0.4 is 0 Å². The predicted molar refractivity (Wildman–Crippen MR) is 101 cm³/mol. The molecular formula is C13H22ClFN4O4S2. The fraction of sp³-hybridized carbons (Fsp3) is 0.692. The zero-order valence-corrected chi connectivity index (χ0v) is 16.8. The van der Waals surface area contributed by atoms with Crippen LogP contribution in [0.3, 0.4) is 0 Å². The quantitative estimate of drug-likeness (QED) is 0.545. The highest BCUT2D eigenvalue weighted by molar-refractivity contribution is 7.59. The van der Waals surface area contributed by atoms with E-state index >= 15 is 0 Å². The molecular weight excluding hydrogens is 395 g/mol. The maximum Gasteiger partial charge on any atom is 0.410 e. The van der Waals surface area contributed by atoms with Crippen LogP contribution in [0.4, 0.5) is 14.9 Å². The molecule has 1 aromatic heterocycles. The summed E-state index contributed by atoms with van der Waals surface area (Å²) in [5.41, 5.74) is -1.03. The lowest BCUT2D eigenvalue weighted by Gasteiger charge is -2.35. The lowest BCUT2D eigenvalue weighted by Crippen LogP contribution is -2.47. The highest BCUT2D eigenvalue weighted by Crippen LogP contribution is 2.32. The van der Waals surface area contributed by atoms with Gasteiger partial charge >= 0.3 is 11.8 Å². The Morgan fingerprint density at radius 3 is 2.52 bits per heavy atom. The normalized spacial score (nSPS) is 20.3. The van der Waals surface area contributed by atoms with E-state index in [-0.39, 0.29) is 57.3 Å². The SMILES string of the molecule is CC(C)(C)OC(=O)N1CC[C@H](n2ncc([N+](=O)[O-])c2Cl)[C@@H](F)C1.S.S. The van der Waals surface area contributed by atoms with Crippen molar-refractivity contribution in [3.63, 3.8) is 0 Å². The van der Waals surface area contributed by atoms with Crippen LogP contribution in [0.25, 0.3) is 0 Å². The number of nitro groups is 1. The van der Waals surface area contributed by atoms with Gasteiger partial charge in [0.25, 0.3) is 0 Å². The van der Waals surface area contributed by atoms with Gasteiger partial charge in [-0.25, -0.2) is 13.9 Å². The summed E-state index contributed by atoms with van der Waals surface area (Å²) < 4.78 is 20.7. The van der Waals surface area contributed by atoms with Gasteiger partial charge in [-0.2, -0.15) is 32.1 Å². The zero-order valence-electron chi connectivity index (χ0n) is 14.0. The van der Waals surface area contributed by atoms with Crippen LogP contribution in [-0.2, 0) is 4.74 Å². The molecule has 8 nitrogen and oxygen atoms in total. The number of rotatable bonds is 2. The minimum atomic E-state index is -1.45. The number of amides is 1. The highest BCUT2D eigenvalue weighted by Gasteiger charge is 2.37. The fourth-order valence-corrected chi connectivity index (χ4v) is 2.64. The van der Waals surface area contributed by atoms with Gasteiger partial charge in [0.2, 0.25) is 5.15 Å². The summed E-state index contributed by atoms with van der Waals surface area (Å²) in [5, 5.41) is 14.4. The van der Waals surface area contributed by atoms with E-state index in [1.807, 2.05) is 0 Å². The Bertz CT molecular complexity index is 626. The van der Waals surface area contributed by atoms with Crippen LogP contribution in [-0.4, -0.2) is 50.6 Å². The van der Waals surface area contributed by atoms with E-state index in [0.29, 0.717) is 0 Å². The standard InChI is InChI=1S/C13H18ClFN4O4.2H2S/c1-13(2,3)23-12(20)17-5-4-9(8(15)7-17)18-11(14)10(6-16-18)19(21)22;;/h6,8-9H,4-5,7H2,1-3H3;2*1H2/t8-,9-;;/m0../s1. The minimum Gasteiger partial charge on any atom is -0.444 e. The molecule has 0 unspecified atom stereocenters. The topological polar surface area (TPSA) is 90.5 Å². The summed E-state index contributed by atoms with van der Waals surface area (Å²) in [4.78, 5) is 23.3. The number of aromatic nitrogens is 2. The molecule has 0 aliphatic carbocycles. The van der Waals surface area contributed by atoms with Crippen LogP contribution in [0, 0.1) is 10.1 Å². The van der Waals surface area contributed by atoms with E-state index < -0.39 is 28.8 Å². The summed E-state index contributed by atoms with van der Waals surface area (Å²) in [6.07, 6.45) is -0.807. The van der Waals surface area contributed by atoms with Crippen molar-refractivity contribution in [2.45, 2.75) is 45.0 Å². The second-order valence-electron chi connectivity index (χ2n) is 6.32. The number of halogens is 2. The van der Waals surface area contributed by atoms with Gasteiger partial charge in [0.1, 0.15) is 18.0 Å². The Balaban J connectivity index is 0.00000288. The lowest BCUT2D eigenvalue weighted by atomic mass is 10.0. The van der Waals surface area contributed by atoms with Gasteiger partial charge in [-0.1, -0.05) is 11.6 Å². The van der Waals surface area contributed by atoms with Crippen molar-refractivity contribution in [2.75, 3.05) is 13.1 Å². The van der Waals surface area contributed by atoms with Gasteiger partial charge < -0.3 is 9.64 Å². The van der Waals surface area contributed by atoms with E-state index in [1.165, 1.54) is 4.90 Å². The molecule has 1 aliphatic heterocycles. The molecule has 1 aromatic rings. The first-order chi connectivity index (χ1) is 10.6. The molecule has 0 bridgehead atoms. The maximum absolute atomic E-state index is 14.4. The lowest BCUT2D eigenvalue weighted by molar-refractivity contribution is -0.384. The van der Waals surface area contributed by atoms with Crippen LogP contribution in [0.2, 0.25) is 5.15 Å². The van der Waals surface area contributed by atoms with Crippen molar-refractivity contribution in [3.8, 4) is 0 Å². The van der Waals surface area contributed by atoms with E-state index in [0.717, 1.165) is 10.9 Å². The third kappa shape index (κ3) is 5.65.